The van der Waals surface area contributed by atoms with Crippen molar-refractivity contribution in [3.63, 3.8) is 0 Å². The lowest BCUT2D eigenvalue weighted by Crippen LogP contribution is -2.40. The number of nitrogens with zero attached hydrogens (tertiary/aromatic N) is 3. The van der Waals surface area contributed by atoms with Crippen molar-refractivity contribution in [3.8, 4) is 17.1 Å². The summed E-state index contributed by atoms with van der Waals surface area (Å²) in [6, 6.07) is 12.6. The highest BCUT2D eigenvalue weighted by Crippen LogP contribution is 2.29. The van der Waals surface area contributed by atoms with Crippen LogP contribution in [0, 0.1) is 0 Å². The fraction of sp³-hybridized carbons (Fsp3) is 0.333. The molecule has 3 aromatic rings. The summed E-state index contributed by atoms with van der Waals surface area (Å²) in [7, 11) is 1.56. The van der Waals surface area contributed by atoms with Crippen LogP contribution >= 0.6 is 11.6 Å². The molecule has 1 fully saturated rings. The number of hydrogen-bond acceptors (Lipinski definition) is 6. The third-order valence-corrected chi connectivity index (χ3v) is 5.90. The maximum absolute atomic E-state index is 12.9. The van der Waals surface area contributed by atoms with Gasteiger partial charge in [0.1, 0.15) is 5.75 Å². The number of carbonyl (C=O) groups excluding carboxylic acids is 2. The Morgan fingerprint density at radius 3 is 2.73 bits per heavy atom. The average molecular weight is 469 g/mol. The summed E-state index contributed by atoms with van der Waals surface area (Å²) in [6.45, 7) is 2.69. The summed E-state index contributed by atoms with van der Waals surface area (Å²) in [5.41, 5.74) is 2.34. The molecule has 2 aromatic carbocycles. The smallest absolute Gasteiger partial charge is 0.231 e. The lowest BCUT2D eigenvalue weighted by Gasteiger charge is -2.31. The highest BCUT2D eigenvalue weighted by atomic mass is 35.5. The summed E-state index contributed by atoms with van der Waals surface area (Å²) >= 11 is 6.19. The number of carbonyl (C=O) groups is 2. The van der Waals surface area contributed by atoms with Gasteiger partial charge in [0.2, 0.25) is 23.5 Å². The predicted octanol–water partition coefficient (Wildman–Crippen LogP) is 4.31. The van der Waals surface area contributed by atoms with Crippen LogP contribution in [0.1, 0.15) is 37.1 Å². The zero-order valence-corrected chi connectivity index (χ0v) is 19.3. The largest absolute Gasteiger partial charge is 0.495 e. The Bertz CT molecular complexity index is 1150. The van der Waals surface area contributed by atoms with Crippen molar-refractivity contribution in [1.29, 1.82) is 0 Å². The number of hydrogen-bond donors (Lipinski definition) is 1. The number of likely N-dealkylation sites (tertiary alicyclic amines) is 1. The third-order valence-electron chi connectivity index (χ3n) is 5.60. The van der Waals surface area contributed by atoms with E-state index < -0.39 is 0 Å². The van der Waals surface area contributed by atoms with Gasteiger partial charge in [-0.15, -0.1) is 0 Å². The number of methoxy groups -OCH3 is 1. The molecule has 4 rings (SSSR count). The molecule has 0 unspecified atom stereocenters. The summed E-state index contributed by atoms with van der Waals surface area (Å²) in [6.07, 6.45) is 2.01. The first-order chi connectivity index (χ1) is 15.9. The van der Waals surface area contributed by atoms with E-state index in [0.29, 0.717) is 41.3 Å². The van der Waals surface area contributed by atoms with Crippen LogP contribution in [0.3, 0.4) is 0 Å². The first kappa shape index (κ1) is 22.8. The molecule has 2 amide bonds. The topological polar surface area (TPSA) is 97.6 Å². The van der Waals surface area contributed by atoms with Crippen molar-refractivity contribution < 1.29 is 18.8 Å². The molecular weight excluding hydrogens is 444 g/mol. The second-order valence-electron chi connectivity index (χ2n) is 8.04. The van der Waals surface area contributed by atoms with Gasteiger partial charge in [0.05, 0.1) is 24.5 Å². The molecule has 0 radical (unpaired) electrons. The molecule has 0 aliphatic carbocycles. The van der Waals surface area contributed by atoms with E-state index in [1.807, 2.05) is 23.1 Å². The number of halogens is 1. The number of aromatic nitrogens is 2. The van der Waals surface area contributed by atoms with E-state index in [9.17, 15) is 9.59 Å². The average Bonchev–Trinajstić information content (AvgIpc) is 3.30. The van der Waals surface area contributed by atoms with E-state index in [1.165, 1.54) is 6.92 Å². The van der Waals surface area contributed by atoms with E-state index in [2.05, 4.69) is 15.5 Å². The van der Waals surface area contributed by atoms with Crippen LogP contribution < -0.4 is 10.1 Å². The van der Waals surface area contributed by atoms with Gasteiger partial charge in [0.15, 0.2) is 0 Å². The number of rotatable bonds is 6. The van der Waals surface area contributed by atoms with Crippen molar-refractivity contribution in [1.82, 2.24) is 15.0 Å². The lowest BCUT2D eigenvalue weighted by atomic mass is 9.97. The summed E-state index contributed by atoms with van der Waals surface area (Å²) in [4.78, 5) is 30.5. The van der Waals surface area contributed by atoms with Crippen molar-refractivity contribution in [3.05, 3.63) is 58.9 Å². The molecular formula is C24H25ClN4O4. The SMILES string of the molecule is COc1ccc(CC(=O)N2CCC[C@H](c3nc(-c4ccc(NC(C)=O)cc4)no3)C2)cc1Cl. The summed E-state index contributed by atoms with van der Waals surface area (Å²) in [5, 5.41) is 7.33. The zero-order chi connectivity index (χ0) is 23.4. The van der Waals surface area contributed by atoms with Gasteiger partial charge in [-0.3, -0.25) is 9.59 Å². The molecule has 1 saturated heterocycles. The molecule has 0 bridgehead atoms. The molecule has 1 aromatic heterocycles. The van der Waals surface area contributed by atoms with Crippen LogP contribution in [-0.4, -0.2) is 47.1 Å². The first-order valence-electron chi connectivity index (χ1n) is 10.7. The van der Waals surface area contributed by atoms with E-state index in [0.717, 1.165) is 24.0 Å². The quantitative estimate of drug-likeness (QED) is 0.579. The normalized spacial score (nSPS) is 15.8. The van der Waals surface area contributed by atoms with Crippen LogP contribution in [0.25, 0.3) is 11.4 Å². The van der Waals surface area contributed by atoms with Crippen molar-refractivity contribution >= 4 is 29.1 Å². The molecule has 1 aliphatic heterocycles. The number of piperidine rings is 1. The van der Waals surface area contributed by atoms with E-state index in [4.69, 9.17) is 20.9 Å². The van der Waals surface area contributed by atoms with Crippen molar-refractivity contribution in [2.24, 2.45) is 0 Å². The molecule has 9 heteroatoms. The van der Waals surface area contributed by atoms with Crippen LogP contribution in [0.4, 0.5) is 5.69 Å². The molecule has 8 nitrogen and oxygen atoms in total. The molecule has 0 spiro atoms. The molecule has 33 heavy (non-hydrogen) atoms. The second-order valence-corrected chi connectivity index (χ2v) is 8.45. The van der Waals surface area contributed by atoms with Gasteiger partial charge in [-0.1, -0.05) is 22.8 Å². The molecule has 1 N–H and O–H groups in total. The Morgan fingerprint density at radius 1 is 1.24 bits per heavy atom. The third kappa shape index (κ3) is 5.51. The lowest BCUT2D eigenvalue weighted by molar-refractivity contribution is -0.131. The number of ether oxygens (including phenoxy) is 1. The Morgan fingerprint density at radius 2 is 2.03 bits per heavy atom. The minimum atomic E-state index is -0.129. The Balaban J connectivity index is 1.40. The van der Waals surface area contributed by atoms with Crippen molar-refractivity contribution in [2.75, 3.05) is 25.5 Å². The number of benzene rings is 2. The summed E-state index contributed by atoms with van der Waals surface area (Å²) in [5.74, 6) is 1.49. The van der Waals surface area contributed by atoms with Gasteiger partial charge in [-0.2, -0.15) is 4.98 Å². The summed E-state index contributed by atoms with van der Waals surface area (Å²) < 4.78 is 10.7. The standard InChI is InChI=1S/C24H25ClN4O4/c1-15(30)26-19-8-6-17(7-9-19)23-27-24(33-28-23)18-4-3-11-29(14-18)22(31)13-16-5-10-21(32-2)20(25)12-16/h5-10,12,18H,3-4,11,13-14H2,1-2H3,(H,26,30)/t18-/m0/s1. The zero-order valence-electron chi connectivity index (χ0n) is 18.5. The van der Waals surface area contributed by atoms with E-state index in [1.54, 1.807) is 31.4 Å². The highest BCUT2D eigenvalue weighted by molar-refractivity contribution is 6.32. The van der Waals surface area contributed by atoms with Gasteiger partial charge in [0.25, 0.3) is 0 Å². The Kier molecular flexibility index (Phi) is 6.93. The van der Waals surface area contributed by atoms with E-state index >= 15 is 0 Å². The molecule has 172 valence electrons. The number of amides is 2. The molecule has 2 heterocycles. The van der Waals surface area contributed by atoms with Crippen molar-refractivity contribution in [2.45, 2.75) is 32.1 Å². The maximum Gasteiger partial charge on any atom is 0.231 e. The monoisotopic (exact) mass is 468 g/mol. The highest BCUT2D eigenvalue weighted by Gasteiger charge is 2.28. The van der Waals surface area contributed by atoms with E-state index in [-0.39, 0.29) is 24.2 Å². The molecule has 1 aliphatic rings. The van der Waals surface area contributed by atoms with Crippen LogP contribution in [0.15, 0.2) is 47.0 Å². The van der Waals surface area contributed by atoms with Gasteiger partial charge < -0.3 is 19.5 Å². The number of anilines is 1. The van der Waals surface area contributed by atoms with Crippen LogP contribution in [0.5, 0.6) is 5.75 Å². The maximum atomic E-state index is 12.9. The fourth-order valence-electron chi connectivity index (χ4n) is 3.94. The number of nitrogens with one attached hydrogen (secondary N) is 1. The predicted molar refractivity (Wildman–Crippen MR) is 124 cm³/mol. The van der Waals surface area contributed by atoms with Gasteiger partial charge in [-0.25, -0.2) is 0 Å². The van der Waals surface area contributed by atoms with Gasteiger partial charge >= 0.3 is 0 Å². The molecule has 0 saturated carbocycles. The van der Waals surface area contributed by atoms with Gasteiger partial charge in [0, 0.05) is 31.3 Å². The fourth-order valence-corrected chi connectivity index (χ4v) is 4.22. The molecule has 1 atom stereocenters. The van der Waals surface area contributed by atoms with Gasteiger partial charge in [-0.05, 0) is 54.8 Å². The Labute approximate surface area is 196 Å². The van der Waals surface area contributed by atoms with Crippen LogP contribution in [0.2, 0.25) is 5.02 Å². The Hall–Kier alpha value is -3.39. The first-order valence-corrected chi connectivity index (χ1v) is 11.1. The minimum Gasteiger partial charge on any atom is -0.495 e. The second kappa shape index (κ2) is 10.0. The van der Waals surface area contributed by atoms with Crippen LogP contribution in [-0.2, 0) is 16.0 Å². The minimum absolute atomic E-state index is 0.0120.